The summed E-state index contributed by atoms with van der Waals surface area (Å²) in [5.41, 5.74) is 3.09. The largest absolute Gasteiger partial charge is 0.497 e. The Labute approximate surface area is 106 Å². The second-order valence-electron chi connectivity index (χ2n) is 4.04. The maximum absolute atomic E-state index is 5.49. The molecule has 0 saturated heterocycles. The molecule has 0 aliphatic carbocycles. The van der Waals surface area contributed by atoms with Crippen molar-refractivity contribution in [1.82, 2.24) is 0 Å². The van der Waals surface area contributed by atoms with Crippen LogP contribution in [0.3, 0.4) is 0 Å². The molecule has 2 aromatic carbocycles. The molecule has 0 atom stereocenters. The summed E-state index contributed by atoms with van der Waals surface area (Å²) < 4.78 is 10.7. The van der Waals surface area contributed by atoms with Crippen LogP contribution in [0.1, 0.15) is 0 Å². The third kappa shape index (κ3) is 1.95. The van der Waals surface area contributed by atoms with Crippen molar-refractivity contribution in [3.63, 3.8) is 0 Å². The predicted octanol–water partition coefficient (Wildman–Crippen LogP) is 3.46. The molecule has 1 aliphatic rings. The zero-order chi connectivity index (χ0) is 12.4. The molecule has 18 heavy (non-hydrogen) atoms. The van der Waals surface area contributed by atoms with Crippen LogP contribution in [0, 0.1) is 0 Å². The van der Waals surface area contributed by atoms with Gasteiger partial charge in [-0.05, 0) is 35.4 Å². The lowest BCUT2D eigenvalue weighted by Crippen LogP contribution is -2.02. The fraction of sp³-hybridized carbons (Fsp3) is 0.133. The molecule has 0 bridgehead atoms. The monoisotopic (exact) mass is 239 g/mol. The van der Waals surface area contributed by atoms with Gasteiger partial charge < -0.3 is 9.47 Å². The second kappa shape index (κ2) is 4.53. The minimum absolute atomic E-state index is 0.547. The van der Waals surface area contributed by atoms with Gasteiger partial charge in [-0.1, -0.05) is 18.2 Å². The zero-order valence-electron chi connectivity index (χ0n) is 10.1. The van der Waals surface area contributed by atoms with Gasteiger partial charge in [-0.3, -0.25) is 4.99 Å². The summed E-state index contributed by atoms with van der Waals surface area (Å²) in [5, 5.41) is 0. The van der Waals surface area contributed by atoms with Crippen molar-refractivity contribution in [2.75, 3.05) is 13.7 Å². The highest BCUT2D eigenvalue weighted by Gasteiger charge is 2.08. The Balaban J connectivity index is 2.04. The number of fused-ring (bicyclic) bond motifs is 1. The molecular formula is C15H13NO2. The van der Waals surface area contributed by atoms with Crippen LogP contribution >= 0.6 is 0 Å². The summed E-state index contributed by atoms with van der Waals surface area (Å²) in [7, 11) is 1.67. The summed E-state index contributed by atoms with van der Waals surface area (Å²) in [6.07, 6.45) is 1.78. The Hall–Kier alpha value is -2.29. The molecule has 0 amide bonds. The van der Waals surface area contributed by atoms with Crippen molar-refractivity contribution >= 4 is 11.9 Å². The topological polar surface area (TPSA) is 30.8 Å². The van der Waals surface area contributed by atoms with E-state index in [1.165, 1.54) is 0 Å². The molecule has 0 fully saturated rings. The average Bonchev–Trinajstić information content (AvgIpc) is 2.47. The summed E-state index contributed by atoms with van der Waals surface area (Å²) in [4.78, 5) is 4.34. The van der Waals surface area contributed by atoms with Crippen molar-refractivity contribution in [3.05, 3.63) is 42.5 Å². The fourth-order valence-electron chi connectivity index (χ4n) is 1.99. The first kappa shape index (κ1) is 10.8. The van der Waals surface area contributed by atoms with Crippen LogP contribution in [0.15, 0.2) is 47.5 Å². The molecule has 1 heterocycles. The number of rotatable bonds is 2. The van der Waals surface area contributed by atoms with E-state index in [4.69, 9.17) is 9.47 Å². The van der Waals surface area contributed by atoms with Gasteiger partial charge in [0, 0.05) is 6.21 Å². The van der Waals surface area contributed by atoms with Gasteiger partial charge in [-0.15, -0.1) is 0 Å². The minimum atomic E-state index is 0.547. The first-order valence-electron chi connectivity index (χ1n) is 5.80. The van der Waals surface area contributed by atoms with Crippen molar-refractivity contribution in [2.45, 2.75) is 0 Å². The number of aliphatic imine (C=N–C) groups is 1. The van der Waals surface area contributed by atoms with Crippen LogP contribution in [0.25, 0.3) is 11.1 Å². The molecule has 3 heteroatoms. The lowest BCUT2D eigenvalue weighted by molar-refractivity contribution is 0.377. The van der Waals surface area contributed by atoms with E-state index in [0.717, 1.165) is 28.3 Å². The smallest absolute Gasteiger partial charge is 0.145 e. The highest BCUT2D eigenvalue weighted by molar-refractivity contribution is 5.76. The molecular weight excluding hydrogens is 226 g/mol. The molecule has 0 spiro atoms. The van der Waals surface area contributed by atoms with E-state index in [0.29, 0.717) is 6.61 Å². The summed E-state index contributed by atoms with van der Waals surface area (Å²) in [5.74, 6) is 1.69. The Bertz CT molecular complexity index is 605. The zero-order valence-corrected chi connectivity index (χ0v) is 10.1. The van der Waals surface area contributed by atoms with Crippen LogP contribution in [0.2, 0.25) is 0 Å². The number of hydrogen-bond donors (Lipinski definition) is 0. The number of nitrogens with zero attached hydrogens (tertiary/aromatic N) is 1. The lowest BCUT2D eigenvalue weighted by atomic mass is 10.0. The van der Waals surface area contributed by atoms with Crippen molar-refractivity contribution in [3.8, 4) is 22.6 Å². The second-order valence-corrected chi connectivity index (χ2v) is 4.04. The fourth-order valence-corrected chi connectivity index (χ4v) is 1.99. The average molecular weight is 239 g/mol. The Kier molecular flexibility index (Phi) is 2.73. The van der Waals surface area contributed by atoms with Gasteiger partial charge in [-0.2, -0.15) is 0 Å². The third-order valence-corrected chi connectivity index (χ3v) is 2.91. The lowest BCUT2D eigenvalue weighted by Gasteiger charge is -2.13. The van der Waals surface area contributed by atoms with Crippen LogP contribution in [0.5, 0.6) is 11.5 Å². The van der Waals surface area contributed by atoms with Crippen LogP contribution in [0.4, 0.5) is 5.69 Å². The van der Waals surface area contributed by atoms with E-state index >= 15 is 0 Å². The van der Waals surface area contributed by atoms with Gasteiger partial charge in [0.1, 0.15) is 23.8 Å². The van der Waals surface area contributed by atoms with Gasteiger partial charge in [0.05, 0.1) is 7.11 Å². The minimum Gasteiger partial charge on any atom is -0.497 e. The molecule has 3 rings (SSSR count). The highest BCUT2D eigenvalue weighted by atomic mass is 16.5. The van der Waals surface area contributed by atoms with Gasteiger partial charge in [-0.25, -0.2) is 0 Å². The number of benzene rings is 2. The molecule has 0 unspecified atom stereocenters. The summed E-state index contributed by atoms with van der Waals surface area (Å²) >= 11 is 0. The van der Waals surface area contributed by atoms with Crippen LogP contribution < -0.4 is 9.47 Å². The number of methoxy groups -OCH3 is 1. The Morgan fingerprint density at radius 1 is 1.11 bits per heavy atom. The highest BCUT2D eigenvalue weighted by Crippen LogP contribution is 2.34. The maximum atomic E-state index is 5.49. The molecule has 3 nitrogen and oxygen atoms in total. The van der Waals surface area contributed by atoms with E-state index < -0.39 is 0 Å². The number of ether oxygens (including phenoxy) is 2. The maximum Gasteiger partial charge on any atom is 0.145 e. The standard InChI is InChI=1S/C15H13NO2/c1-17-13-4-2-3-11(9-13)12-5-6-15-14(10-12)16-7-8-18-15/h2-7,9-10H,8H2,1H3. The summed E-state index contributed by atoms with van der Waals surface area (Å²) in [6, 6.07) is 14.0. The summed E-state index contributed by atoms with van der Waals surface area (Å²) in [6.45, 7) is 0.547. The quantitative estimate of drug-likeness (QED) is 0.803. The van der Waals surface area contributed by atoms with Gasteiger partial charge in [0.2, 0.25) is 0 Å². The van der Waals surface area contributed by atoms with Crippen molar-refractivity contribution < 1.29 is 9.47 Å². The molecule has 0 saturated carbocycles. The van der Waals surface area contributed by atoms with Crippen LogP contribution in [-0.2, 0) is 0 Å². The molecule has 0 N–H and O–H groups in total. The van der Waals surface area contributed by atoms with Gasteiger partial charge in [0.15, 0.2) is 0 Å². The van der Waals surface area contributed by atoms with Crippen LogP contribution in [-0.4, -0.2) is 19.9 Å². The van der Waals surface area contributed by atoms with E-state index in [1.54, 1.807) is 13.3 Å². The molecule has 0 radical (unpaired) electrons. The first-order valence-corrected chi connectivity index (χ1v) is 5.80. The predicted molar refractivity (Wildman–Crippen MR) is 72.1 cm³/mol. The van der Waals surface area contributed by atoms with Crippen molar-refractivity contribution in [2.24, 2.45) is 4.99 Å². The van der Waals surface area contributed by atoms with E-state index in [1.807, 2.05) is 36.4 Å². The molecule has 2 aromatic rings. The molecule has 90 valence electrons. The number of hydrogen-bond acceptors (Lipinski definition) is 3. The van der Waals surface area contributed by atoms with E-state index in [2.05, 4.69) is 11.1 Å². The van der Waals surface area contributed by atoms with Gasteiger partial charge in [0.25, 0.3) is 0 Å². The molecule has 0 aromatic heterocycles. The Morgan fingerprint density at radius 3 is 2.89 bits per heavy atom. The van der Waals surface area contributed by atoms with E-state index in [-0.39, 0.29) is 0 Å². The van der Waals surface area contributed by atoms with Gasteiger partial charge >= 0.3 is 0 Å². The normalized spacial score (nSPS) is 12.7. The SMILES string of the molecule is COc1cccc(-c2ccc3c(c2)N=CCO3)c1. The van der Waals surface area contributed by atoms with E-state index in [9.17, 15) is 0 Å². The molecule has 1 aliphatic heterocycles. The Morgan fingerprint density at radius 2 is 2.00 bits per heavy atom. The third-order valence-electron chi connectivity index (χ3n) is 2.91. The first-order chi connectivity index (χ1) is 8.86. The van der Waals surface area contributed by atoms with Crippen molar-refractivity contribution in [1.29, 1.82) is 0 Å².